The lowest BCUT2D eigenvalue weighted by molar-refractivity contribution is 0.0963. The zero-order valence-corrected chi connectivity index (χ0v) is 16.8. The minimum absolute atomic E-state index is 0.0512. The van der Waals surface area contributed by atoms with Gasteiger partial charge in [-0.25, -0.2) is 4.79 Å². The maximum absolute atomic E-state index is 12.7. The van der Waals surface area contributed by atoms with Crippen molar-refractivity contribution in [3.8, 4) is 0 Å². The number of ketones is 1. The maximum Gasteiger partial charge on any atom is 0.407 e. The molecule has 0 aromatic heterocycles. The van der Waals surface area contributed by atoms with Crippen LogP contribution in [0.4, 0.5) is 4.79 Å². The largest absolute Gasteiger partial charge is 0.445 e. The number of rotatable bonds is 7. The van der Waals surface area contributed by atoms with Crippen LogP contribution in [-0.4, -0.2) is 11.9 Å². The van der Waals surface area contributed by atoms with Gasteiger partial charge < -0.3 is 10.1 Å². The summed E-state index contributed by atoms with van der Waals surface area (Å²) in [4.78, 5) is 25.0. The Morgan fingerprint density at radius 3 is 2.11 bits per heavy atom. The highest BCUT2D eigenvalue weighted by molar-refractivity contribution is 9.10. The number of hydrogen-bond donors (Lipinski definition) is 1. The van der Waals surface area contributed by atoms with Gasteiger partial charge in [-0.3, -0.25) is 4.79 Å². The quantitative estimate of drug-likeness (QED) is 0.483. The second-order valence-electron chi connectivity index (χ2n) is 6.30. The summed E-state index contributed by atoms with van der Waals surface area (Å²) in [6.07, 6.45) is -0.409. The molecule has 4 nitrogen and oxygen atoms in total. The number of ether oxygens (including phenoxy) is 1. The summed E-state index contributed by atoms with van der Waals surface area (Å²) in [6.45, 7) is 0.175. The molecular weight excluding hydrogens is 418 g/mol. The van der Waals surface area contributed by atoms with Gasteiger partial charge in [0.1, 0.15) is 6.61 Å². The molecule has 0 aliphatic rings. The Morgan fingerprint density at radius 2 is 1.46 bits per heavy atom. The van der Waals surface area contributed by atoms with E-state index in [-0.39, 0.29) is 18.8 Å². The first-order chi connectivity index (χ1) is 13.6. The molecule has 0 fully saturated rings. The number of alkyl carbamates (subject to hydrolysis) is 1. The molecule has 1 N–H and O–H groups in total. The zero-order valence-electron chi connectivity index (χ0n) is 15.2. The van der Waals surface area contributed by atoms with Crippen molar-refractivity contribution in [1.82, 2.24) is 5.32 Å². The van der Waals surface area contributed by atoms with Gasteiger partial charge in [0.25, 0.3) is 0 Å². The lowest BCUT2D eigenvalue weighted by Gasteiger charge is -2.18. The molecule has 5 heteroatoms. The molecule has 0 aliphatic carbocycles. The smallest absolute Gasteiger partial charge is 0.407 e. The first-order valence-electron chi connectivity index (χ1n) is 8.93. The van der Waals surface area contributed by atoms with E-state index in [1.54, 1.807) is 12.1 Å². The highest BCUT2D eigenvalue weighted by atomic mass is 79.9. The maximum atomic E-state index is 12.7. The van der Waals surface area contributed by atoms with E-state index in [0.717, 1.165) is 15.6 Å². The second kappa shape index (κ2) is 9.85. The molecular formula is C23H20BrNO3. The highest BCUT2D eigenvalue weighted by Gasteiger charge is 2.20. The first kappa shape index (κ1) is 19.8. The Morgan fingerprint density at radius 1 is 0.857 bits per heavy atom. The summed E-state index contributed by atoms with van der Waals surface area (Å²) >= 11 is 3.37. The molecule has 0 saturated carbocycles. The fraction of sp³-hybridized carbons (Fsp3) is 0.130. The van der Waals surface area contributed by atoms with E-state index in [1.807, 2.05) is 72.8 Å². The van der Waals surface area contributed by atoms with Crippen molar-refractivity contribution in [1.29, 1.82) is 0 Å². The van der Waals surface area contributed by atoms with Gasteiger partial charge in [0.15, 0.2) is 5.78 Å². The summed E-state index contributed by atoms with van der Waals surface area (Å²) in [5.74, 6) is -0.0512. The molecule has 0 bridgehead atoms. The molecule has 142 valence electrons. The third-order valence-electron chi connectivity index (χ3n) is 4.26. The molecule has 0 radical (unpaired) electrons. The van der Waals surface area contributed by atoms with Crippen LogP contribution in [0.15, 0.2) is 89.4 Å². The minimum Gasteiger partial charge on any atom is -0.445 e. The first-order valence-corrected chi connectivity index (χ1v) is 9.72. The third kappa shape index (κ3) is 5.79. The molecule has 1 atom stereocenters. The van der Waals surface area contributed by atoms with E-state index in [2.05, 4.69) is 21.2 Å². The molecule has 1 unspecified atom stereocenters. The molecule has 3 rings (SSSR count). The number of halogens is 1. The molecule has 0 aliphatic heterocycles. The summed E-state index contributed by atoms with van der Waals surface area (Å²) in [5, 5.41) is 2.82. The van der Waals surface area contributed by atoms with Crippen molar-refractivity contribution in [3.05, 3.63) is 106 Å². The number of hydrogen-bond acceptors (Lipinski definition) is 3. The third-order valence-corrected chi connectivity index (χ3v) is 4.79. The van der Waals surface area contributed by atoms with E-state index in [4.69, 9.17) is 4.74 Å². The topological polar surface area (TPSA) is 55.4 Å². The van der Waals surface area contributed by atoms with Gasteiger partial charge in [-0.15, -0.1) is 0 Å². The number of carbonyl (C=O) groups excluding carboxylic acids is 2. The van der Waals surface area contributed by atoms with Crippen molar-refractivity contribution in [3.63, 3.8) is 0 Å². The van der Waals surface area contributed by atoms with Crippen LogP contribution in [0.1, 0.15) is 33.9 Å². The van der Waals surface area contributed by atoms with Gasteiger partial charge in [-0.1, -0.05) is 88.7 Å². The average Bonchev–Trinajstić information content (AvgIpc) is 2.73. The number of nitrogens with one attached hydrogen (secondary N) is 1. The second-order valence-corrected chi connectivity index (χ2v) is 7.22. The van der Waals surface area contributed by atoms with Crippen LogP contribution in [-0.2, 0) is 11.3 Å². The Bertz CT molecular complexity index is 912. The summed E-state index contributed by atoms with van der Waals surface area (Å²) in [5.41, 5.74) is 2.35. The fourth-order valence-electron chi connectivity index (χ4n) is 2.78. The normalized spacial score (nSPS) is 11.5. The van der Waals surface area contributed by atoms with E-state index in [1.165, 1.54) is 0 Å². The molecule has 0 heterocycles. The number of Topliss-reactive ketones (excluding diaryl/α,β-unsaturated/α-hetero) is 1. The Hall–Kier alpha value is -2.92. The van der Waals surface area contributed by atoms with Crippen molar-refractivity contribution in [2.24, 2.45) is 0 Å². The number of carbonyl (C=O) groups is 2. The standard InChI is InChI=1S/C23H20BrNO3/c24-20-13-11-19(12-14-20)22(26)15-21(18-9-5-2-6-10-18)25-23(27)28-16-17-7-3-1-4-8-17/h1-14,21H,15-16H2,(H,25,27). The van der Waals surface area contributed by atoms with E-state index in [9.17, 15) is 9.59 Å². The van der Waals surface area contributed by atoms with E-state index >= 15 is 0 Å². The van der Waals surface area contributed by atoms with Crippen LogP contribution in [0.2, 0.25) is 0 Å². The Balaban J connectivity index is 1.67. The van der Waals surface area contributed by atoms with Crippen LogP contribution >= 0.6 is 15.9 Å². The molecule has 0 saturated heterocycles. The minimum atomic E-state index is -0.554. The fourth-order valence-corrected chi connectivity index (χ4v) is 3.05. The predicted molar refractivity (Wildman–Crippen MR) is 112 cm³/mol. The van der Waals surface area contributed by atoms with Gasteiger partial charge in [0.05, 0.1) is 6.04 Å². The van der Waals surface area contributed by atoms with Crippen LogP contribution in [0.25, 0.3) is 0 Å². The van der Waals surface area contributed by atoms with Crippen LogP contribution < -0.4 is 5.32 Å². The molecule has 28 heavy (non-hydrogen) atoms. The van der Waals surface area contributed by atoms with Crippen LogP contribution in [0.5, 0.6) is 0 Å². The Labute approximate surface area is 172 Å². The van der Waals surface area contributed by atoms with Gasteiger partial charge in [-0.2, -0.15) is 0 Å². The molecule has 3 aromatic rings. The van der Waals surface area contributed by atoms with Crippen molar-refractivity contribution in [2.75, 3.05) is 0 Å². The van der Waals surface area contributed by atoms with Crippen LogP contribution in [0, 0.1) is 0 Å². The molecule has 3 aromatic carbocycles. The van der Waals surface area contributed by atoms with Crippen LogP contribution in [0.3, 0.4) is 0 Å². The Kier molecular flexibility index (Phi) is 6.98. The average molecular weight is 438 g/mol. The summed E-state index contributed by atoms with van der Waals surface area (Å²) in [7, 11) is 0. The summed E-state index contributed by atoms with van der Waals surface area (Å²) in [6, 6.07) is 25.6. The monoisotopic (exact) mass is 437 g/mol. The predicted octanol–water partition coefficient (Wildman–Crippen LogP) is 5.69. The van der Waals surface area contributed by atoms with Gasteiger partial charge in [0.2, 0.25) is 0 Å². The molecule has 1 amide bonds. The number of benzene rings is 3. The van der Waals surface area contributed by atoms with E-state index < -0.39 is 12.1 Å². The van der Waals surface area contributed by atoms with Crippen molar-refractivity contribution < 1.29 is 14.3 Å². The van der Waals surface area contributed by atoms with Gasteiger partial charge in [0, 0.05) is 16.5 Å². The van der Waals surface area contributed by atoms with Gasteiger partial charge >= 0.3 is 6.09 Å². The van der Waals surface area contributed by atoms with E-state index in [0.29, 0.717) is 5.56 Å². The lowest BCUT2D eigenvalue weighted by atomic mass is 9.98. The van der Waals surface area contributed by atoms with Crippen molar-refractivity contribution in [2.45, 2.75) is 19.1 Å². The number of amides is 1. The zero-order chi connectivity index (χ0) is 19.8. The summed E-state index contributed by atoms with van der Waals surface area (Å²) < 4.78 is 6.22. The van der Waals surface area contributed by atoms with Crippen molar-refractivity contribution >= 4 is 27.8 Å². The molecule has 0 spiro atoms. The van der Waals surface area contributed by atoms with Gasteiger partial charge in [-0.05, 0) is 23.3 Å². The highest BCUT2D eigenvalue weighted by Crippen LogP contribution is 2.21. The lowest BCUT2D eigenvalue weighted by Crippen LogP contribution is -2.30. The SMILES string of the molecule is O=C(NC(CC(=O)c1ccc(Br)cc1)c1ccccc1)OCc1ccccc1.